The first-order chi connectivity index (χ1) is 14.0. The average molecular weight is 421 g/mol. The highest BCUT2D eigenvalue weighted by Crippen LogP contribution is 2.10. The number of hydrogen-bond donors (Lipinski definition) is 5. The van der Waals surface area contributed by atoms with Gasteiger partial charge in [0, 0.05) is 31.9 Å². The van der Waals surface area contributed by atoms with Crippen LogP contribution in [-0.4, -0.2) is 61.3 Å². The third kappa shape index (κ3) is 8.56. The Bertz CT molecular complexity index is 721. The number of nitrogens with zero attached hydrogens (tertiary/aromatic N) is 1. The van der Waals surface area contributed by atoms with E-state index in [1.165, 1.54) is 0 Å². The summed E-state index contributed by atoms with van der Waals surface area (Å²) in [6.07, 6.45) is 0.119. The second-order valence-electron chi connectivity index (χ2n) is 8.78. The summed E-state index contributed by atoms with van der Waals surface area (Å²) in [7, 11) is 1.72. The summed E-state index contributed by atoms with van der Waals surface area (Å²) in [6, 6.07) is 7.56. The van der Waals surface area contributed by atoms with Crippen LogP contribution in [0.15, 0.2) is 24.3 Å². The Morgan fingerprint density at radius 3 is 2.67 bits per heavy atom. The maximum absolute atomic E-state index is 12.3. The molecular weight excluding hydrogens is 384 g/mol. The third-order valence-electron chi connectivity index (χ3n) is 4.50. The highest BCUT2D eigenvalue weighted by molar-refractivity contribution is 5.89. The summed E-state index contributed by atoms with van der Waals surface area (Å²) >= 11 is 0. The van der Waals surface area contributed by atoms with Gasteiger partial charge in [-0.15, -0.1) is 0 Å². The van der Waals surface area contributed by atoms with Crippen molar-refractivity contribution < 1.29 is 14.3 Å². The molecule has 1 aliphatic rings. The summed E-state index contributed by atoms with van der Waals surface area (Å²) in [5.41, 5.74) is 1.31. The first-order valence-corrected chi connectivity index (χ1v) is 10.4. The van der Waals surface area contributed by atoms with Gasteiger partial charge < -0.3 is 20.3 Å². The Kier molecular flexibility index (Phi) is 8.45. The molecule has 0 aromatic heterocycles. The fourth-order valence-corrected chi connectivity index (χ4v) is 3.11. The number of benzene rings is 1. The van der Waals surface area contributed by atoms with E-state index in [0.717, 1.165) is 17.7 Å². The number of hydrogen-bond acceptors (Lipinski definition) is 6. The van der Waals surface area contributed by atoms with Crippen molar-refractivity contribution in [2.24, 2.45) is 0 Å². The molecule has 9 nitrogen and oxygen atoms in total. The number of nitrogens with one attached hydrogen (secondary N) is 5. The molecule has 168 valence electrons. The van der Waals surface area contributed by atoms with Crippen LogP contribution in [0.2, 0.25) is 0 Å². The van der Waals surface area contributed by atoms with Crippen LogP contribution < -0.4 is 26.6 Å². The molecule has 1 fully saturated rings. The maximum Gasteiger partial charge on any atom is 0.410 e. The van der Waals surface area contributed by atoms with E-state index in [1.54, 1.807) is 11.9 Å². The number of aryl methyl sites for hydroxylation is 1. The van der Waals surface area contributed by atoms with E-state index in [2.05, 4.69) is 33.5 Å². The normalized spacial score (nSPS) is 21.6. The van der Waals surface area contributed by atoms with Crippen molar-refractivity contribution in [1.82, 2.24) is 26.2 Å². The number of carbonyl (C=O) groups excluding carboxylic acids is 2. The lowest BCUT2D eigenvalue weighted by Crippen LogP contribution is -2.68. The van der Waals surface area contributed by atoms with Crippen LogP contribution in [0.4, 0.5) is 15.3 Å². The van der Waals surface area contributed by atoms with E-state index in [1.807, 2.05) is 52.0 Å². The molecule has 3 amide bonds. The van der Waals surface area contributed by atoms with Gasteiger partial charge in [0.15, 0.2) is 0 Å². The molecule has 0 radical (unpaired) electrons. The van der Waals surface area contributed by atoms with Gasteiger partial charge in [0.25, 0.3) is 0 Å². The summed E-state index contributed by atoms with van der Waals surface area (Å²) < 4.78 is 5.36. The summed E-state index contributed by atoms with van der Waals surface area (Å²) in [4.78, 5) is 25.9. The van der Waals surface area contributed by atoms with Gasteiger partial charge >= 0.3 is 12.1 Å². The Morgan fingerprint density at radius 2 is 2.00 bits per heavy atom. The van der Waals surface area contributed by atoms with E-state index in [-0.39, 0.29) is 30.6 Å². The Labute approximate surface area is 179 Å². The van der Waals surface area contributed by atoms with Crippen LogP contribution in [0, 0.1) is 6.92 Å². The van der Waals surface area contributed by atoms with Crippen LogP contribution in [0.25, 0.3) is 0 Å². The van der Waals surface area contributed by atoms with Crippen LogP contribution in [-0.2, 0) is 4.74 Å². The Balaban J connectivity index is 1.76. The first-order valence-electron chi connectivity index (χ1n) is 10.4. The largest absolute Gasteiger partial charge is 0.444 e. The van der Waals surface area contributed by atoms with E-state index >= 15 is 0 Å². The molecule has 30 heavy (non-hydrogen) atoms. The van der Waals surface area contributed by atoms with E-state index in [4.69, 9.17) is 4.74 Å². The van der Waals surface area contributed by atoms with E-state index < -0.39 is 5.60 Å². The van der Waals surface area contributed by atoms with Crippen molar-refractivity contribution in [3.63, 3.8) is 0 Å². The van der Waals surface area contributed by atoms with Crippen molar-refractivity contribution in [2.45, 2.75) is 65.1 Å². The average Bonchev–Trinajstić information content (AvgIpc) is 2.59. The number of likely N-dealkylation sites (N-methyl/N-ethyl adjacent to an activating group) is 1. The van der Waals surface area contributed by atoms with Crippen LogP contribution >= 0.6 is 0 Å². The van der Waals surface area contributed by atoms with Gasteiger partial charge in [0.05, 0.1) is 6.17 Å². The summed E-state index contributed by atoms with van der Waals surface area (Å²) in [6.45, 7) is 10.7. The zero-order chi connectivity index (χ0) is 22.3. The molecule has 1 aromatic carbocycles. The molecule has 0 bridgehead atoms. The van der Waals surface area contributed by atoms with Gasteiger partial charge in [-0.05, 0) is 58.7 Å². The summed E-state index contributed by atoms with van der Waals surface area (Å²) in [5, 5.41) is 15.8. The van der Waals surface area contributed by atoms with E-state index in [9.17, 15) is 9.59 Å². The fourth-order valence-electron chi connectivity index (χ4n) is 3.11. The lowest BCUT2D eigenvalue weighted by Gasteiger charge is -2.37. The molecule has 0 aliphatic carbocycles. The third-order valence-corrected chi connectivity index (χ3v) is 4.50. The fraction of sp³-hybridized carbons (Fsp3) is 0.619. The number of carbonyl (C=O) groups is 2. The maximum atomic E-state index is 12.3. The highest BCUT2D eigenvalue weighted by atomic mass is 16.6. The Morgan fingerprint density at radius 1 is 1.27 bits per heavy atom. The predicted molar refractivity (Wildman–Crippen MR) is 118 cm³/mol. The van der Waals surface area contributed by atoms with Gasteiger partial charge in [-0.25, -0.2) is 9.59 Å². The van der Waals surface area contributed by atoms with Crippen molar-refractivity contribution in [3.05, 3.63) is 29.8 Å². The minimum absolute atomic E-state index is 0.00226. The number of rotatable bonds is 6. The standard InChI is InChI=1S/C21H36N6O3/c1-14-8-7-9-16(12-14)24-19(28)26-18-23-15(2)13-17(25-18)22-10-11-27(6)20(29)30-21(3,4)5/h7-9,12,15,17-18,22-23,25H,10-11,13H2,1-6H3,(H2,24,26,28). The van der Waals surface area contributed by atoms with E-state index in [0.29, 0.717) is 13.1 Å². The van der Waals surface area contributed by atoms with Crippen LogP contribution in [0.3, 0.4) is 0 Å². The molecule has 1 heterocycles. The molecule has 1 aliphatic heterocycles. The van der Waals surface area contributed by atoms with Crippen molar-refractivity contribution in [3.8, 4) is 0 Å². The Hall–Kier alpha value is -2.36. The zero-order valence-electron chi connectivity index (χ0n) is 18.8. The molecule has 0 saturated carbocycles. The van der Waals surface area contributed by atoms with Crippen LogP contribution in [0.1, 0.15) is 39.7 Å². The molecule has 0 spiro atoms. The zero-order valence-corrected chi connectivity index (χ0v) is 18.8. The smallest absolute Gasteiger partial charge is 0.410 e. The lowest BCUT2D eigenvalue weighted by molar-refractivity contribution is 0.0297. The molecule has 5 N–H and O–H groups in total. The van der Waals surface area contributed by atoms with Crippen molar-refractivity contribution in [2.75, 3.05) is 25.5 Å². The predicted octanol–water partition coefficient (Wildman–Crippen LogP) is 2.15. The molecule has 1 saturated heterocycles. The van der Waals surface area contributed by atoms with Gasteiger partial charge in [0.1, 0.15) is 11.9 Å². The minimum atomic E-state index is -0.511. The minimum Gasteiger partial charge on any atom is -0.444 e. The molecule has 3 unspecified atom stereocenters. The molecule has 9 heteroatoms. The monoisotopic (exact) mass is 420 g/mol. The topological polar surface area (TPSA) is 107 Å². The molecule has 2 rings (SSSR count). The number of anilines is 1. The quantitative estimate of drug-likeness (QED) is 0.483. The van der Waals surface area contributed by atoms with Gasteiger partial charge in [-0.1, -0.05) is 12.1 Å². The number of urea groups is 1. The number of ether oxygens (including phenoxy) is 1. The van der Waals surface area contributed by atoms with Gasteiger partial charge in [0.2, 0.25) is 0 Å². The molecular formula is C21H36N6O3. The molecule has 1 aromatic rings. The lowest BCUT2D eigenvalue weighted by atomic mass is 10.1. The van der Waals surface area contributed by atoms with Crippen molar-refractivity contribution in [1.29, 1.82) is 0 Å². The number of amides is 3. The van der Waals surface area contributed by atoms with Gasteiger partial charge in [-0.3, -0.25) is 16.0 Å². The highest BCUT2D eigenvalue weighted by Gasteiger charge is 2.26. The van der Waals surface area contributed by atoms with Gasteiger partial charge in [-0.2, -0.15) is 0 Å². The SMILES string of the molecule is Cc1cccc(NC(=O)NC2NC(C)CC(NCCN(C)C(=O)OC(C)(C)C)N2)c1. The van der Waals surface area contributed by atoms with Crippen molar-refractivity contribution >= 4 is 17.8 Å². The van der Waals surface area contributed by atoms with Crippen LogP contribution in [0.5, 0.6) is 0 Å². The molecule has 3 atom stereocenters. The first kappa shape index (κ1) is 23.9. The second-order valence-corrected chi connectivity index (χ2v) is 8.78. The summed E-state index contributed by atoms with van der Waals surface area (Å²) in [5.74, 6) is 0. The second kappa shape index (κ2) is 10.6.